The van der Waals surface area contributed by atoms with Crippen LogP contribution in [0.5, 0.6) is 0 Å². The number of thiazole rings is 1. The second kappa shape index (κ2) is 7.75. The lowest BCUT2D eigenvalue weighted by molar-refractivity contribution is -0.131. The van der Waals surface area contributed by atoms with Crippen LogP contribution in [0.4, 0.5) is 0 Å². The van der Waals surface area contributed by atoms with E-state index in [-0.39, 0.29) is 11.9 Å². The van der Waals surface area contributed by atoms with Crippen LogP contribution in [0.1, 0.15) is 31.5 Å². The van der Waals surface area contributed by atoms with Gasteiger partial charge in [0.05, 0.1) is 11.2 Å². The third kappa shape index (κ3) is 4.42. The number of hydrogen-bond acceptors (Lipinski definition) is 4. The molecule has 3 heterocycles. The minimum Gasteiger partial charge on any atom is -0.351 e. The molecule has 0 N–H and O–H groups in total. The van der Waals surface area contributed by atoms with Gasteiger partial charge in [-0.3, -0.25) is 9.69 Å². The van der Waals surface area contributed by atoms with Gasteiger partial charge in [-0.15, -0.1) is 11.3 Å². The van der Waals surface area contributed by atoms with Gasteiger partial charge < -0.3 is 9.47 Å². The summed E-state index contributed by atoms with van der Waals surface area (Å²) in [6.45, 7) is 6.65. The van der Waals surface area contributed by atoms with Gasteiger partial charge >= 0.3 is 0 Å². The third-order valence-corrected chi connectivity index (χ3v) is 5.05. The Morgan fingerprint density at radius 2 is 2.09 bits per heavy atom. The van der Waals surface area contributed by atoms with Crippen LogP contribution >= 0.6 is 11.3 Å². The Morgan fingerprint density at radius 3 is 2.83 bits per heavy atom. The fraction of sp³-hybridized carbons (Fsp3) is 0.529. The SMILES string of the molecule is CC(CC(=O)N1CCCN(Cc2cscn2)CC1)n1cccc1. The molecule has 1 aliphatic heterocycles. The predicted octanol–water partition coefficient (Wildman–Crippen LogP) is 2.63. The van der Waals surface area contributed by atoms with E-state index in [1.807, 2.05) is 34.9 Å². The molecule has 0 radical (unpaired) electrons. The van der Waals surface area contributed by atoms with Crippen molar-refractivity contribution in [3.8, 4) is 0 Å². The smallest absolute Gasteiger partial charge is 0.224 e. The van der Waals surface area contributed by atoms with Crippen LogP contribution in [-0.2, 0) is 11.3 Å². The highest BCUT2D eigenvalue weighted by atomic mass is 32.1. The first-order valence-corrected chi connectivity index (χ1v) is 9.16. The zero-order valence-electron chi connectivity index (χ0n) is 13.6. The van der Waals surface area contributed by atoms with Gasteiger partial charge in [0.2, 0.25) is 5.91 Å². The molecule has 2 aromatic heterocycles. The van der Waals surface area contributed by atoms with Crippen molar-refractivity contribution >= 4 is 17.2 Å². The fourth-order valence-corrected chi connectivity index (χ4v) is 3.60. The molecule has 0 spiro atoms. The fourth-order valence-electron chi connectivity index (χ4n) is 3.05. The van der Waals surface area contributed by atoms with E-state index in [1.54, 1.807) is 11.3 Å². The molecule has 0 aliphatic carbocycles. The van der Waals surface area contributed by atoms with Crippen LogP contribution in [0.15, 0.2) is 35.4 Å². The molecule has 6 heteroatoms. The maximum atomic E-state index is 12.6. The van der Waals surface area contributed by atoms with Gasteiger partial charge in [0, 0.05) is 63.0 Å². The quantitative estimate of drug-likeness (QED) is 0.845. The average Bonchev–Trinajstić information content (AvgIpc) is 3.19. The summed E-state index contributed by atoms with van der Waals surface area (Å²) < 4.78 is 2.10. The van der Waals surface area contributed by atoms with Gasteiger partial charge in [0.15, 0.2) is 0 Å². The van der Waals surface area contributed by atoms with E-state index in [4.69, 9.17) is 0 Å². The molecule has 2 aromatic rings. The first-order chi connectivity index (χ1) is 11.2. The van der Waals surface area contributed by atoms with Crippen LogP contribution < -0.4 is 0 Å². The summed E-state index contributed by atoms with van der Waals surface area (Å²) in [6, 6.07) is 4.22. The Kier molecular flexibility index (Phi) is 5.46. The normalized spacial score (nSPS) is 17.9. The molecule has 1 saturated heterocycles. The van der Waals surface area contributed by atoms with Gasteiger partial charge in [0.1, 0.15) is 0 Å². The van der Waals surface area contributed by atoms with Gasteiger partial charge in [-0.2, -0.15) is 0 Å². The molecule has 23 heavy (non-hydrogen) atoms. The molecule has 1 amide bonds. The number of amides is 1. The van der Waals surface area contributed by atoms with E-state index < -0.39 is 0 Å². The van der Waals surface area contributed by atoms with Crippen molar-refractivity contribution in [2.75, 3.05) is 26.2 Å². The van der Waals surface area contributed by atoms with Gasteiger partial charge in [0.25, 0.3) is 0 Å². The number of aromatic nitrogens is 2. The molecular formula is C17H24N4OS. The summed E-state index contributed by atoms with van der Waals surface area (Å²) >= 11 is 1.64. The predicted molar refractivity (Wildman–Crippen MR) is 92.3 cm³/mol. The number of carbonyl (C=O) groups excluding carboxylic acids is 1. The van der Waals surface area contributed by atoms with Crippen molar-refractivity contribution in [3.05, 3.63) is 41.1 Å². The minimum atomic E-state index is 0.215. The highest BCUT2D eigenvalue weighted by molar-refractivity contribution is 7.07. The second-order valence-corrected chi connectivity index (χ2v) is 6.89. The summed E-state index contributed by atoms with van der Waals surface area (Å²) in [7, 11) is 0. The topological polar surface area (TPSA) is 41.4 Å². The highest BCUT2D eigenvalue weighted by Gasteiger charge is 2.21. The lowest BCUT2D eigenvalue weighted by Crippen LogP contribution is -2.36. The van der Waals surface area contributed by atoms with Crippen molar-refractivity contribution in [1.29, 1.82) is 0 Å². The largest absolute Gasteiger partial charge is 0.351 e. The Balaban J connectivity index is 1.50. The van der Waals surface area contributed by atoms with Gasteiger partial charge in [-0.25, -0.2) is 4.98 Å². The summed E-state index contributed by atoms with van der Waals surface area (Å²) in [5.41, 5.74) is 3.02. The first-order valence-electron chi connectivity index (χ1n) is 8.22. The van der Waals surface area contributed by atoms with Crippen LogP contribution in [0.25, 0.3) is 0 Å². The molecule has 1 aliphatic rings. The lowest BCUT2D eigenvalue weighted by atomic mass is 10.2. The number of hydrogen-bond donors (Lipinski definition) is 0. The van der Waals surface area contributed by atoms with Crippen LogP contribution in [0, 0.1) is 0 Å². The summed E-state index contributed by atoms with van der Waals surface area (Å²) in [5, 5.41) is 2.10. The molecule has 0 saturated carbocycles. The zero-order valence-corrected chi connectivity index (χ0v) is 14.4. The van der Waals surface area contributed by atoms with E-state index >= 15 is 0 Å². The van der Waals surface area contributed by atoms with Crippen molar-refractivity contribution in [1.82, 2.24) is 19.4 Å². The molecule has 3 rings (SSSR count). The van der Waals surface area contributed by atoms with Gasteiger partial charge in [-0.1, -0.05) is 0 Å². The van der Waals surface area contributed by atoms with Crippen molar-refractivity contribution in [2.45, 2.75) is 32.4 Å². The van der Waals surface area contributed by atoms with Crippen LogP contribution in [-0.4, -0.2) is 51.4 Å². The molecule has 1 unspecified atom stereocenters. The van der Waals surface area contributed by atoms with Crippen molar-refractivity contribution in [2.24, 2.45) is 0 Å². The molecule has 124 valence electrons. The Hall–Kier alpha value is -1.66. The lowest BCUT2D eigenvalue weighted by Gasteiger charge is -2.23. The number of nitrogens with zero attached hydrogens (tertiary/aromatic N) is 4. The first kappa shape index (κ1) is 16.2. The zero-order chi connectivity index (χ0) is 16.1. The Bertz CT molecular complexity index is 596. The summed E-state index contributed by atoms with van der Waals surface area (Å²) in [6.07, 6.45) is 5.65. The third-order valence-electron chi connectivity index (χ3n) is 4.42. The molecule has 1 fully saturated rings. The number of rotatable bonds is 5. The molecular weight excluding hydrogens is 308 g/mol. The van der Waals surface area contributed by atoms with Crippen LogP contribution in [0.2, 0.25) is 0 Å². The van der Waals surface area contributed by atoms with Crippen molar-refractivity contribution < 1.29 is 4.79 Å². The summed E-state index contributed by atoms with van der Waals surface area (Å²) in [4.78, 5) is 21.3. The highest BCUT2D eigenvalue weighted by Crippen LogP contribution is 2.15. The van der Waals surface area contributed by atoms with E-state index in [9.17, 15) is 4.79 Å². The maximum Gasteiger partial charge on any atom is 0.224 e. The average molecular weight is 332 g/mol. The number of carbonyl (C=O) groups is 1. The van der Waals surface area contributed by atoms with E-state index in [1.165, 1.54) is 0 Å². The summed E-state index contributed by atoms with van der Waals surface area (Å²) in [5.74, 6) is 0.265. The molecule has 1 atom stereocenters. The second-order valence-electron chi connectivity index (χ2n) is 6.17. The van der Waals surface area contributed by atoms with Gasteiger partial charge in [-0.05, 0) is 25.5 Å². The molecule has 0 aromatic carbocycles. The van der Waals surface area contributed by atoms with E-state index in [0.717, 1.165) is 44.8 Å². The molecule has 5 nitrogen and oxygen atoms in total. The minimum absolute atomic E-state index is 0.215. The Labute approximate surface area is 141 Å². The Morgan fingerprint density at radius 1 is 1.26 bits per heavy atom. The standard InChI is InChI=1S/C17H24N4OS/c1-15(20-6-2-3-7-20)11-17(22)21-8-4-5-19(9-10-21)12-16-13-23-14-18-16/h2-3,6-7,13-15H,4-5,8-12H2,1H3. The van der Waals surface area contributed by atoms with Crippen LogP contribution in [0.3, 0.4) is 0 Å². The van der Waals surface area contributed by atoms with Crippen molar-refractivity contribution in [3.63, 3.8) is 0 Å². The maximum absolute atomic E-state index is 12.6. The monoisotopic (exact) mass is 332 g/mol. The van der Waals surface area contributed by atoms with E-state index in [2.05, 4.69) is 26.8 Å². The molecule has 0 bridgehead atoms. The van der Waals surface area contributed by atoms with E-state index in [0.29, 0.717) is 6.42 Å².